The molecule has 4 nitrogen and oxygen atoms in total. The molecule has 76 valence electrons. The zero-order valence-corrected chi connectivity index (χ0v) is 8.34. The van der Waals surface area contributed by atoms with Crippen LogP contribution in [0.25, 0.3) is 0 Å². The second kappa shape index (κ2) is 3.65. The molecule has 0 saturated carbocycles. The lowest BCUT2D eigenvalue weighted by atomic mass is 10.2. The highest BCUT2D eigenvalue weighted by Gasteiger charge is 2.22. The number of hydrogen-bond acceptors (Lipinski definition) is 3. The number of rotatable bonds is 2. The van der Waals surface area contributed by atoms with Gasteiger partial charge in [-0.25, -0.2) is 4.99 Å². The largest absolute Gasteiger partial charge is 0.364 e. The minimum atomic E-state index is -0.519. The van der Waals surface area contributed by atoms with E-state index < -0.39 is 5.91 Å². The predicted molar refractivity (Wildman–Crippen MR) is 58.9 cm³/mol. The Bertz CT molecular complexity index is 448. The number of nitrogens with two attached hydrogens (primary N) is 1. The van der Waals surface area contributed by atoms with Crippen molar-refractivity contribution in [2.24, 2.45) is 15.7 Å². The van der Waals surface area contributed by atoms with E-state index in [0.29, 0.717) is 5.71 Å². The van der Waals surface area contributed by atoms with Crippen molar-refractivity contribution in [1.29, 1.82) is 0 Å². The number of carbonyl (C=O) groups is 1. The Hall–Kier alpha value is -1.97. The van der Waals surface area contributed by atoms with Gasteiger partial charge in [0.15, 0.2) is 6.17 Å². The Kier molecular flexibility index (Phi) is 2.33. The molecule has 0 spiro atoms. The number of primary amides is 1. The molecule has 1 aliphatic heterocycles. The Morgan fingerprint density at radius 1 is 1.27 bits per heavy atom. The molecule has 4 heteroatoms. The number of amides is 1. The van der Waals surface area contributed by atoms with Crippen LogP contribution >= 0.6 is 0 Å². The van der Waals surface area contributed by atoms with Crippen molar-refractivity contribution in [2.45, 2.75) is 13.1 Å². The molecule has 2 N–H and O–H groups in total. The van der Waals surface area contributed by atoms with E-state index in [-0.39, 0.29) is 11.9 Å². The standard InChI is InChI=1S/C11H11N3O/c1-7-9(10(12)15)14-11(13-7)8-5-3-2-4-6-8/h2-6,11H,1H3,(H2,12,15). The average molecular weight is 201 g/mol. The van der Waals surface area contributed by atoms with Crippen LogP contribution in [0.2, 0.25) is 0 Å². The van der Waals surface area contributed by atoms with Crippen molar-refractivity contribution >= 4 is 17.3 Å². The smallest absolute Gasteiger partial charge is 0.268 e. The van der Waals surface area contributed by atoms with Gasteiger partial charge in [0.2, 0.25) is 0 Å². The summed E-state index contributed by atoms with van der Waals surface area (Å²) in [6, 6.07) is 9.60. The molecule has 1 aliphatic rings. The van der Waals surface area contributed by atoms with Crippen molar-refractivity contribution < 1.29 is 4.79 Å². The third kappa shape index (κ3) is 1.79. The molecule has 1 aromatic carbocycles. The summed E-state index contributed by atoms with van der Waals surface area (Å²) < 4.78 is 0. The van der Waals surface area contributed by atoms with Crippen LogP contribution in [-0.4, -0.2) is 17.3 Å². The second-order valence-electron chi connectivity index (χ2n) is 3.34. The summed E-state index contributed by atoms with van der Waals surface area (Å²) in [6.45, 7) is 1.74. The van der Waals surface area contributed by atoms with Gasteiger partial charge >= 0.3 is 0 Å². The van der Waals surface area contributed by atoms with Crippen molar-refractivity contribution in [3.63, 3.8) is 0 Å². The molecule has 0 radical (unpaired) electrons. The fourth-order valence-electron chi connectivity index (χ4n) is 1.51. The molecule has 1 amide bonds. The lowest BCUT2D eigenvalue weighted by Gasteiger charge is -2.02. The normalized spacial score (nSPS) is 19.7. The zero-order valence-electron chi connectivity index (χ0n) is 8.34. The van der Waals surface area contributed by atoms with E-state index >= 15 is 0 Å². The number of benzene rings is 1. The van der Waals surface area contributed by atoms with E-state index in [1.165, 1.54) is 0 Å². The summed E-state index contributed by atoms with van der Waals surface area (Å²) in [4.78, 5) is 19.5. The van der Waals surface area contributed by atoms with E-state index in [2.05, 4.69) is 9.98 Å². The topological polar surface area (TPSA) is 67.8 Å². The molecule has 0 aromatic heterocycles. The molecular weight excluding hydrogens is 190 g/mol. The maximum Gasteiger partial charge on any atom is 0.268 e. The summed E-state index contributed by atoms with van der Waals surface area (Å²) in [5.41, 5.74) is 7.03. The molecule has 0 saturated heterocycles. The van der Waals surface area contributed by atoms with Crippen LogP contribution in [0.5, 0.6) is 0 Å². The SMILES string of the molecule is CC1=NC(c2ccccc2)N=C1C(N)=O. The number of hydrogen-bond donors (Lipinski definition) is 1. The van der Waals surface area contributed by atoms with Crippen LogP contribution in [0.3, 0.4) is 0 Å². The van der Waals surface area contributed by atoms with Gasteiger partial charge in [0.25, 0.3) is 5.91 Å². The van der Waals surface area contributed by atoms with Crippen LogP contribution in [-0.2, 0) is 4.79 Å². The van der Waals surface area contributed by atoms with Crippen LogP contribution in [0.4, 0.5) is 0 Å². The maximum absolute atomic E-state index is 11.0. The van der Waals surface area contributed by atoms with Crippen LogP contribution in [0.15, 0.2) is 40.3 Å². The van der Waals surface area contributed by atoms with Crippen molar-refractivity contribution in [3.05, 3.63) is 35.9 Å². The monoisotopic (exact) mass is 201 g/mol. The third-order valence-electron chi connectivity index (χ3n) is 2.24. The minimum Gasteiger partial charge on any atom is -0.364 e. The lowest BCUT2D eigenvalue weighted by Crippen LogP contribution is -2.27. The van der Waals surface area contributed by atoms with E-state index in [4.69, 9.17) is 5.73 Å². The van der Waals surface area contributed by atoms with Crippen LogP contribution < -0.4 is 5.73 Å². The highest BCUT2D eigenvalue weighted by molar-refractivity contribution is 6.66. The zero-order chi connectivity index (χ0) is 10.8. The molecule has 1 unspecified atom stereocenters. The summed E-state index contributed by atoms with van der Waals surface area (Å²) in [5, 5.41) is 0. The third-order valence-corrected chi connectivity index (χ3v) is 2.24. The predicted octanol–water partition coefficient (Wildman–Crippen LogP) is 1.09. The first-order valence-corrected chi connectivity index (χ1v) is 4.66. The van der Waals surface area contributed by atoms with Gasteiger partial charge in [-0.3, -0.25) is 9.79 Å². The quantitative estimate of drug-likeness (QED) is 0.764. The summed E-state index contributed by atoms with van der Waals surface area (Å²) in [5.74, 6) is -0.519. The van der Waals surface area contributed by atoms with Gasteiger partial charge in [0.05, 0.1) is 5.71 Å². The highest BCUT2D eigenvalue weighted by atomic mass is 16.1. The summed E-state index contributed by atoms with van der Waals surface area (Å²) >= 11 is 0. The molecular formula is C11H11N3O. The highest BCUT2D eigenvalue weighted by Crippen LogP contribution is 2.23. The Morgan fingerprint density at radius 3 is 2.47 bits per heavy atom. The molecule has 0 bridgehead atoms. The van der Waals surface area contributed by atoms with Crippen LogP contribution in [0, 0.1) is 0 Å². The van der Waals surface area contributed by atoms with E-state index in [0.717, 1.165) is 5.56 Å². The molecule has 1 aromatic rings. The first-order valence-electron chi connectivity index (χ1n) is 4.66. The Labute approximate surface area is 87.5 Å². The number of aliphatic imine (C=N–C) groups is 2. The molecule has 0 fully saturated rings. The second-order valence-corrected chi connectivity index (χ2v) is 3.34. The molecule has 1 heterocycles. The molecule has 2 rings (SSSR count). The van der Waals surface area contributed by atoms with Gasteiger partial charge in [-0.15, -0.1) is 0 Å². The maximum atomic E-state index is 11.0. The van der Waals surface area contributed by atoms with Gasteiger partial charge in [-0.05, 0) is 12.5 Å². The first kappa shape index (κ1) is 9.58. The van der Waals surface area contributed by atoms with Gasteiger partial charge in [0, 0.05) is 0 Å². The Balaban J connectivity index is 2.34. The van der Waals surface area contributed by atoms with Crippen molar-refractivity contribution in [1.82, 2.24) is 0 Å². The first-order chi connectivity index (χ1) is 7.18. The van der Waals surface area contributed by atoms with Gasteiger partial charge in [-0.2, -0.15) is 0 Å². The summed E-state index contributed by atoms with van der Waals surface area (Å²) in [7, 11) is 0. The molecule has 1 atom stereocenters. The minimum absolute atomic E-state index is 0.281. The van der Waals surface area contributed by atoms with E-state index in [9.17, 15) is 4.79 Å². The Morgan fingerprint density at radius 2 is 1.93 bits per heavy atom. The van der Waals surface area contributed by atoms with Crippen molar-refractivity contribution in [2.75, 3.05) is 0 Å². The fraction of sp³-hybridized carbons (Fsp3) is 0.182. The molecule has 0 aliphatic carbocycles. The van der Waals surface area contributed by atoms with Crippen molar-refractivity contribution in [3.8, 4) is 0 Å². The van der Waals surface area contributed by atoms with E-state index in [1.807, 2.05) is 30.3 Å². The fourth-order valence-corrected chi connectivity index (χ4v) is 1.51. The van der Waals surface area contributed by atoms with Gasteiger partial charge < -0.3 is 5.73 Å². The average Bonchev–Trinajstić information content (AvgIpc) is 2.62. The number of carbonyl (C=O) groups excluding carboxylic acids is 1. The number of nitrogens with zero attached hydrogens (tertiary/aromatic N) is 2. The lowest BCUT2D eigenvalue weighted by molar-refractivity contribution is -0.111. The van der Waals surface area contributed by atoms with Gasteiger partial charge in [-0.1, -0.05) is 30.3 Å². The van der Waals surface area contributed by atoms with Gasteiger partial charge in [0.1, 0.15) is 5.71 Å². The van der Waals surface area contributed by atoms with Crippen LogP contribution in [0.1, 0.15) is 18.7 Å². The van der Waals surface area contributed by atoms with E-state index in [1.54, 1.807) is 6.92 Å². The molecule has 15 heavy (non-hydrogen) atoms. The summed E-state index contributed by atoms with van der Waals surface area (Å²) in [6.07, 6.45) is -0.311.